The average Bonchev–Trinajstić information content (AvgIpc) is 2.61. The summed E-state index contributed by atoms with van der Waals surface area (Å²) < 4.78 is 5.15. The van der Waals surface area contributed by atoms with E-state index in [2.05, 4.69) is 5.32 Å². The van der Waals surface area contributed by atoms with E-state index in [1.165, 1.54) is 6.07 Å². The maximum atomic E-state index is 12.7. The molecule has 3 rings (SSSR count). The monoisotopic (exact) mass is 371 g/mol. The van der Waals surface area contributed by atoms with Crippen molar-refractivity contribution in [1.29, 1.82) is 0 Å². The number of dihydropyridines is 1. The van der Waals surface area contributed by atoms with Gasteiger partial charge >= 0.3 is 5.97 Å². The van der Waals surface area contributed by atoms with Gasteiger partial charge in [-0.3, -0.25) is 14.9 Å². The van der Waals surface area contributed by atoms with Crippen LogP contribution in [-0.4, -0.2) is 23.3 Å². The molecule has 8 nitrogen and oxygen atoms in total. The first kappa shape index (κ1) is 18.6. The molecule has 1 atom stereocenters. The molecule has 0 aromatic heterocycles. The van der Waals surface area contributed by atoms with Gasteiger partial charge in [-0.05, 0) is 38.0 Å². The molecule has 27 heavy (non-hydrogen) atoms. The van der Waals surface area contributed by atoms with Crippen molar-refractivity contribution in [2.45, 2.75) is 39.0 Å². The van der Waals surface area contributed by atoms with Crippen molar-refractivity contribution >= 4 is 17.4 Å². The molecule has 1 aromatic carbocycles. The number of rotatable bonds is 4. The fourth-order valence-electron chi connectivity index (χ4n) is 3.65. The Morgan fingerprint density at radius 3 is 2.78 bits per heavy atom. The van der Waals surface area contributed by atoms with Crippen LogP contribution in [0.4, 0.5) is 5.69 Å². The van der Waals surface area contributed by atoms with Crippen LogP contribution in [0.5, 0.6) is 5.75 Å². The molecule has 0 spiro atoms. The maximum Gasteiger partial charge on any atom is 0.336 e. The van der Waals surface area contributed by atoms with Crippen molar-refractivity contribution in [3.63, 3.8) is 0 Å². The number of esters is 1. The molecule has 1 N–H and O–H groups in total. The smallest absolute Gasteiger partial charge is 0.336 e. The number of Topliss-reactive ketones (excluding diaryl/α,β-unsaturated/α-hetero) is 1. The standard InChI is InChI=1S/C19H20N2O6/c1-3-27-19(24)16-10(2)20-12-5-4-6-15(23)18(12)17(16)11-7-8-14(22)13(9-11)21(25)26/h7-9,17,20,22H,3-6H2,1-2H3/p-1. The predicted molar refractivity (Wildman–Crippen MR) is 93.6 cm³/mol. The third kappa shape index (κ3) is 3.30. The van der Waals surface area contributed by atoms with Gasteiger partial charge in [-0.1, -0.05) is 12.1 Å². The number of benzene rings is 1. The van der Waals surface area contributed by atoms with Gasteiger partial charge in [0.1, 0.15) is 0 Å². The normalized spacial score (nSPS) is 19.5. The molecule has 1 aliphatic heterocycles. The van der Waals surface area contributed by atoms with Crippen LogP contribution in [0.15, 0.2) is 40.7 Å². The zero-order chi connectivity index (χ0) is 19.7. The lowest BCUT2D eigenvalue weighted by atomic mass is 9.75. The van der Waals surface area contributed by atoms with Crippen molar-refractivity contribution in [2.75, 3.05) is 6.61 Å². The van der Waals surface area contributed by atoms with Gasteiger partial charge in [-0.2, -0.15) is 0 Å². The summed E-state index contributed by atoms with van der Waals surface area (Å²) in [5.74, 6) is -2.23. The Kier molecular flexibility index (Phi) is 4.98. The highest BCUT2D eigenvalue weighted by molar-refractivity contribution is 6.03. The Morgan fingerprint density at radius 1 is 1.37 bits per heavy atom. The number of nitro groups is 1. The van der Waals surface area contributed by atoms with Crippen LogP contribution in [0.3, 0.4) is 0 Å². The summed E-state index contributed by atoms with van der Waals surface area (Å²) in [5.41, 5.74) is 1.68. The number of hydrogen-bond donors (Lipinski definition) is 1. The lowest BCUT2D eigenvalue weighted by molar-refractivity contribution is -0.398. The number of nitro benzene ring substituents is 1. The number of ether oxygens (including phenoxy) is 1. The molecule has 142 valence electrons. The molecule has 2 aliphatic rings. The highest BCUT2D eigenvalue weighted by Gasteiger charge is 2.39. The number of allylic oxidation sites excluding steroid dienone is 3. The van der Waals surface area contributed by atoms with E-state index in [-0.39, 0.29) is 18.0 Å². The summed E-state index contributed by atoms with van der Waals surface area (Å²) >= 11 is 0. The highest BCUT2D eigenvalue weighted by atomic mass is 16.6. The number of carbonyl (C=O) groups excluding carboxylic acids is 2. The van der Waals surface area contributed by atoms with Crippen molar-refractivity contribution in [2.24, 2.45) is 0 Å². The SMILES string of the molecule is CCOC(=O)C1=C(C)NC2=C(C(=O)CCC2)C1c1ccc([O-])c([N+](=O)[O-])c1. The molecule has 0 fully saturated rings. The highest BCUT2D eigenvalue weighted by Crippen LogP contribution is 2.43. The molecule has 0 bridgehead atoms. The number of hydrogen-bond acceptors (Lipinski definition) is 7. The Morgan fingerprint density at radius 2 is 2.11 bits per heavy atom. The first-order valence-electron chi connectivity index (χ1n) is 8.71. The van der Waals surface area contributed by atoms with Gasteiger partial charge in [-0.25, -0.2) is 4.79 Å². The molecule has 1 heterocycles. The van der Waals surface area contributed by atoms with E-state index in [0.29, 0.717) is 36.1 Å². The van der Waals surface area contributed by atoms with E-state index in [0.717, 1.165) is 17.8 Å². The van der Waals surface area contributed by atoms with E-state index >= 15 is 0 Å². The van der Waals surface area contributed by atoms with Gasteiger partial charge in [0.15, 0.2) is 5.78 Å². The summed E-state index contributed by atoms with van der Waals surface area (Å²) in [7, 11) is 0. The minimum absolute atomic E-state index is 0.114. The average molecular weight is 371 g/mol. The number of nitrogens with one attached hydrogen (secondary N) is 1. The second-order valence-corrected chi connectivity index (χ2v) is 6.47. The Hall–Kier alpha value is -3.16. The van der Waals surface area contributed by atoms with E-state index in [9.17, 15) is 24.8 Å². The number of ketones is 1. The quantitative estimate of drug-likeness (QED) is 0.489. The lowest BCUT2D eigenvalue weighted by Gasteiger charge is -2.34. The van der Waals surface area contributed by atoms with Gasteiger partial charge in [0.25, 0.3) is 5.69 Å². The molecule has 0 saturated heterocycles. The predicted octanol–water partition coefficient (Wildman–Crippen LogP) is 2.20. The Labute approximate surface area is 155 Å². The van der Waals surface area contributed by atoms with Gasteiger partial charge < -0.3 is 15.2 Å². The second-order valence-electron chi connectivity index (χ2n) is 6.47. The van der Waals surface area contributed by atoms with Crippen LogP contribution in [0.2, 0.25) is 0 Å². The largest absolute Gasteiger partial charge is 0.868 e. The van der Waals surface area contributed by atoms with Crippen LogP contribution < -0.4 is 10.4 Å². The molecule has 1 aliphatic carbocycles. The molecule has 1 unspecified atom stereocenters. The first-order chi connectivity index (χ1) is 12.8. The zero-order valence-corrected chi connectivity index (χ0v) is 15.0. The molecule has 0 radical (unpaired) electrons. The van der Waals surface area contributed by atoms with Crippen LogP contribution in [0, 0.1) is 10.1 Å². The first-order valence-corrected chi connectivity index (χ1v) is 8.71. The van der Waals surface area contributed by atoms with E-state index in [1.807, 2.05) is 0 Å². The topological polar surface area (TPSA) is 122 Å². The van der Waals surface area contributed by atoms with Gasteiger partial charge in [0.05, 0.1) is 17.1 Å². The molecule has 0 saturated carbocycles. The van der Waals surface area contributed by atoms with Crippen LogP contribution in [-0.2, 0) is 14.3 Å². The number of nitrogens with zero attached hydrogens (tertiary/aromatic N) is 1. The summed E-state index contributed by atoms with van der Waals surface area (Å²) in [4.78, 5) is 35.7. The van der Waals surface area contributed by atoms with Crippen LogP contribution >= 0.6 is 0 Å². The second kappa shape index (κ2) is 7.22. The van der Waals surface area contributed by atoms with Crippen LogP contribution in [0.25, 0.3) is 0 Å². The Bertz CT molecular complexity index is 899. The third-order valence-electron chi connectivity index (χ3n) is 4.78. The van der Waals surface area contributed by atoms with E-state index in [4.69, 9.17) is 4.74 Å². The summed E-state index contributed by atoms with van der Waals surface area (Å²) in [6.07, 6.45) is 1.68. The summed E-state index contributed by atoms with van der Waals surface area (Å²) in [5, 5.41) is 26.1. The van der Waals surface area contributed by atoms with E-state index < -0.39 is 28.2 Å². The number of carbonyl (C=O) groups is 2. The zero-order valence-electron chi connectivity index (χ0n) is 15.0. The van der Waals surface area contributed by atoms with Crippen molar-refractivity contribution in [3.8, 4) is 5.75 Å². The molecule has 0 amide bonds. The van der Waals surface area contributed by atoms with Gasteiger partial charge in [0, 0.05) is 35.4 Å². The third-order valence-corrected chi connectivity index (χ3v) is 4.78. The van der Waals surface area contributed by atoms with Crippen molar-refractivity contribution in [3.05, 3.63) is 56.4 Å². The molecular formula is C19H19N2O6-. The Balaban J connectivity index is 2.21. The van der Waals surface area contributed by atoms with E-state index in [1.54, 1.807) is 13.8 Å². The minimum atomic E-state index is -0.799. The molecular weight excluding hydrogens is 352 g/mol. The lowest BCUT2D eigenvalue weighted by Crippen LogP contribution is -2.34. The van der Waals surface area contributed by atoms with Crippen molar-refractivity contribution < 1.29 is 24.4 Å². The van der Waals surface area contributed by atoms with Crippen LogP contribution in [0.1, 0.15) is 44.6 Å². The maximum absolute atomic E-state index is 12.7. The minimum Gasteiger partial charge on any atom is -0.868 e. The molecule has 1 aromatic rings. The fraction of sp³-hybridized carbons (Fsp3) is 0.368. The summed E-state index contributed by atoms with van der Waals surface area (Å²) in [6, 6.07) is 3.68. The van der Waals surface area contributed by atoms with Gasteiger partial charge in [0.2, 0.25) is 0 Å². The summed E-state index contributed by atoms with van der Waals surface area (Å²) in [6.45, 7) is 3.53. The molecule has 8 heteroatoms. The fourth-order valence-corrected chi connectivity index (χ4v) is 3.65. The van der Waals surface area contributed by atoms with Gasteiger partial charge in [-0.15, -0.1) is 0 Å². The van der Waals surface area contributed by atoms with Crippen molar-refractivity contribution in [1.82, 2.24) is 5.32 Å².